The molecular weight excluding hydrogens is 817 g/mol. The van der Waals surface area contributed by atoms with Crippen LogP contribution in [-0.2, 0) is 14.3 Å². The van der Waals surface area contributed by atoms with Crippen LogP contribution in [0.3, 0.4) is 0 Å². The predicted octanol–water partition coefficient (Wildman–Crippen LogP) is 13.1. The first kappa shape index (κ1) is 50.0. The molecule has 0 unspecified atom stereocenters. The van der Waals surface area contributed by atoms with Crippen molar-refractivity contribution in [3.8, 4) is 17.2 Å². The molecule has 10 heteroatoms. The Morgan fingerprint density at radius 3 is 2.23 bits per heavy atom. The fourth-order valence-corrected chi connectivity index (χ4v) is 10.7. The van der Waals surface area contributed by atoms with Crippen LogP contribution >= 0.6 is 0 Å². The van der Waals surface area contributed by atoms with E-state index in [0.717, 1.165) is 78.3 Å². The molecule has 6 rings (SSSR count). The number of carbonyl (C=O) groups excluding carboxylic acids is 1. The minimum atomic E-state index is -1.33. The van der Waals surface area contributed by atoms with Gasteiger partial charge in [0.1, 0.15) is 29.9 Å². The summed E-state index contributed by atoms with van der Waals surface area (Å²) in [5.74, 6) is 0.482. The molecule has 0 bridgehead atoms. The Balaban J connectivity index is 1.40. The number of unbranched alkanes of at least 4 members (excludes halogenated alkanes) is 11. The standard InChI is InChI=1S/C55H78N2O8/c1-5-9-10-11-12-13-14-15-16-23-36-61-54(60)57(32-6-2)51-40-49(56-63-8-4)47-38-43(26-19-21-33-58)46(27-20-22-34-59)52-48-39-45(64-44-29-28-41-24-17-18-25-42(41)37-44)30-31-50(48)65-55(51,53(47)52)62-35-7-3/h7,17-18,24-25,28-31,37-39,43,46,51-53,58-59H,3,5-6,8-16,19-23,26-27,32-36,40H2,1-2,4H3/t43-,46+,51-,52+,53+,55+/m0/s1. The number of fused-ring (bicyclic) bond motifs is 3. The molecule has 3 aromatic carbocycles. The van der Waals surface area contributed by atoms with E-state index in [4.69, 9.17) is 28.9 Å². The van der Waals surface area contributed by atoms with E-state index in [1.165, 1.54) is 44.9 Å². The first-order valence-electron chi connectivity index (χ1n) is 25.2. The highest BCUT2D eigenvalue weighted by atomic mass is 16.7. The number of nitrogens with zero attached hydrogens (tertiary/aromatic N) is 2. The summed E-state index contributed by atoms with van der Waals surface area (Å²) in [6.07, 6.45) is 21.6. The fourth-order valence-electron chi connectivity index (χ4n) is 10.7. The fraction of sp³-hybridized carbons (Fsp3) is 0.600. The first-order chi connectivity index (χ1) is 31.9. The van der Waals surface area contributed by atoms with Crippen LogP contribution in [0.2, 0.25) is 0 Å². The van der Waals surface area contributed by atoms with E-state index < -0.39 is 17.7 Å². The molecule has 1 amide bonds. The number of benzene rings is 3. The van der Waals surface area contributed by atoms with Gasteiger partial charge in [0.25, 0.3) is 0 Å². The molecule has 3 aromatic rings. The zero-order valence-corrected chi connectivity index (χ0v) is 39.7. The maximum atomic E-state index is 14.6. The van der Waals surface area contributed by atoms with Crippen LogP contribution in [0.4, 0.5) is 4.79 Å². The van der Waals surface area contributed by atoms with Crippen molar-refractivity contribution in [3.63, 3.8) is 0 Å². The highest BCUT2D eigenvalue weighted by molar-refractivity contribution is 6.03. The molecule has 0 radical (unpaired) electrons. The van der Waals surface area contributed by atoms with Crippen molar-refractivity contribution in [1.82, 2.24) is 4.90 Å². The number of amides is 1. The van der Waals surface area contributed by atoms with Gasteiger partial charge in [-0.3, -0.25) is 4.90 Å². The smallest absolute Gasteiger partial charge is 0.410 e. The lowest BCUT2D eigenvalue weighted by Crippen LogP contribution is -2.70. The van der Waals surface area contributed by atoms with Gasteiger partial charge in [0.2, 0.25) is 5.79 Å². The van der Waals surface area contributed by atoms with Gasteiger partial charge in [0.15, 0.2) is 0 Å². The molecule has 3 aliphatic rings. The largest absolute Gasteiger partial charge is 0.459 e. The average molecular weight is 895 g/mol. The van der Waals surface area contributed by atoms with Crippen molar-refractivity contribution in [3.05, 3.63) is 90.5 Å². The number of ether oxygens (including phenoxy) is 4. The number of hydrogen-bond donors (Lipinski definition) is 2. The molecule has 0 aromatic heterocycles. The van der Waals surface area contributed by atoms with Gasteiger partial charge in [0, 0.05) is 37.7 Å². The lowest BCUT2D eigenvalue weighted by atomic mass is 9.55. The number of carbonyl (C=O) groups is 1. The zero-order valence-electron chi connectivity index (χ0n) is 39.7. The first-order valence-corrected chi connectivity index (χ1v) is 25.2. The number of allylic oxidation sites excluding steroid dienone is 1. The van der Waals surface area contributed by atoms with Crippen LogP contribution in [0.5, 0.6) is 17.2 Å². The number of hydrogen-bond acceptors (Lipinski definition) is 9. The van der Waals surface area contributed by atoms with Crippen molar-refractivity contribution >= 4 is 22.6 Å². The molecule has 1 heterocycles. The summed E-state index contributed by atoms with van der Waals surface area (Å²) >= 11 is 0. The lowest BCUT2D eigenvalue weighted by Gasteiger charge is -2.59. The van der Waals surface area contributed by atoms with E-state index in [9.17, 15) is 15.0 Å². The Kier molecular flexibility index (Phi) is 20.1. The van der Waals surface area contributed by atoms with Crippen LogP contribution < -0.4 is 9.47 Å². The van der Waals surface area contributed by atoms with Crippen LogP contribution in [0.25, 0.3) is 10.8 Å². The summed E-state index contributed by atoms with van der Waals surface area (Å²) < 4.78 is 27.3. The lowest BCUT2D eigenvalue weighted by molar-refractivity contribution is -0.255. The molecule has 6 atom stereocenters. The molecule has 2 N–H and O–H groups in total. The Hall–Kier alpha value is -4.38. The summed E-state index contributed by atoms with van der Waals surface area (Å²) in [5.41, 5.74) is 2.81. The van der Waals surface area contributed by atoms with Gasteiger partial charge in [-0.2, -0.15) is 0 Å². The van der Waals surface area contributed by atoms with E-state index in [1.807, 2.05) is 42.2 Å². The third-order valence-electron chi connectivity index (χ3n) is 13.7. The quantitative estimate of drug-likeness (QED) is 0.0402. The normalized spacial score (nSPS) is 22.7. The van der Waals surface area contributed by atoms with E-state index in [1.54, 1.807) is 6.08 Å². The van der Waals surface area contributed by atoms with Crippen LogP contribution in [0.1, 0.15) is 148 Å². The monoisotopic (exact) mass is 895 g/mol. The van der Waals surface area contributed by atoms with E-state index >= 15 is 0 Å². The Bertz CT molecular complexity index is 2000. The Morgan fingerprint density at radius 1 is 0.831 bits per heavy atom. The SMILES string of the molecule is C=CCO[C@@]12Oc3ccc(Oc4ccc5ccccc5c4)cc3[C@H]3[C@H](CCCCO)[C@@H](CCCCO)C=C(C(=NOCC)C[C@@H]1N(CCC)C(=O)OCCCCCCCCCCCC)[C@H]32. The number of rotatable bonds is 29. The molecular formula is C55H78N2O8. The van der Waals surface area contributed by atoms with Crippen LogP contribution in [0, 0.1) is 17.8 Å². The third-order valence-corrected chi connectivity index (χ3v) is 13.7. The average Bonchev–Trinajstić information content (AvgIpc) is 3.32. The van der Waals surface area contributed by atoms with Crippen molar-refractivity contribution < 1.29 is 38.8 Å². The number of aliphatic hydroxyl groups excluding tert-OH is 2. The molecule has 10 nitrogen and oxygen atoms in total. The molecule has 1 fully saturated rings. The second kappa shape index (κ2) is 26.1. The van der Waals surface area contributed by atoms with E-state index in [2.05, 4.69) is 56.8 Å². The topological polar surface area (TPSA) is 119 Å². The van der Waals surface area contributed by atoms with Gasteiger partial charge in [0.05, 0.1) is 24.8 Å². The van der Waals surface area contributed by atoms with Crippen molar-refractivity contribution in [2.45, 2.75) is 154 Å². The van der Waals surface area contributed by atoms with Gasteiger partial charge in [-0.05, 0) is 104 Å². The summed E-state index contributed by atoms with van der Waals surface area (Å²) in [6, 6.07) is 19.9. The van der Waals surface area contributed by atoms with Crippen LogP contribution in [0.15, 0.2) is 90.1 Å². The number of aliphatic hydroxyl groups is 2. The minimum absolute atomic E-state index is 0.106. The molecule has 356 valence electrons. The molecule has 65 heavy (non-hydrogen) atoms. The second-order valence-corrected chi connectivity index (χ2v) is 18.3. The molecule has 2 aliphatic carbocycles. The number of oxime groups is 1. The maximum absolute atomic E-state index is 14.6. The molecule has 1 aliphatic heterocycles. The Morgan fingerprint density at radius 2 is 1.52 bits per heavy atom. The summed E-state index contributed by atoms with van der Waals surface area (Å²) in [7, 11) is 0. The van der Waals surface area contributed by atoms with Crippen molar-refractivity contribution in [2.24, 2.45) is 22.9 Å². The van der Waals surface area contributed by atoms with E-state index in [0.29, 0.717) is 56.9 Å². The van der Waals surface area contributed by atoms with Crippen LogP contribution in [-0.4, -0.2) is 78.3 Å². The Labute approximate surface area is 389 Å². The molecule has 0 spiro atoms. The third kappa shape index (κ3) is 12.7. The maximum Gasteiger partial charge on any atom is 0.410 e. The molecule has 0 saturated heterocycles. The summed E-state index contributed by atoms with van der Waals surface area (Å²) in [6.45, 7) is 12.0. The predicted molar refractivity (Wildman–Crippen MR) is 261 cm³/mol. The van der Waals surface area contributed by atoms with Gasteiger partial charge < -0.3 is 34.0 Å². The van der Waals surface area contributed by atoms with Gasteiger partial charge in [-0.1, -0.05) is 132 Å². The summed E-state index contributed by atoms with van der Waals surface area (Å²) in [4.78, 5) is 22.3. The molecule has 1 saturated carbocycles. The highest BCUT2D eigenvalue weighted by Crippen LogP contribution is 2.62. The van der Waals surface area contributed by atoms with Crippen molar-refractivity contribution in [1.29, 1.82) is 0 Å². The van der Waals surface area contributed by atoms with Gasteiger partial charge >= 0.3 is 6.09 Å². The second-order valence-electron chi connectivity index (χ2n) is 18.3. The highest BCUT2D eigenvalue weighted by Gasteiger charge is 2.65. The minimum Gasteiger partial charge on any atom is -0.459 e. The van der Waals surface area contributed by atoms with E-state index in [-0.39, 0.29) is 43.7 Å². The summed E-state index contributed by atoms with van der Waals surface area (Å²) in [5, 5.41) is 27.0. The van der Waals surface area contributed by atoms with Gasteiger partial charge in [-0.15, -0.1) is 6.58 Å². The van der Waals surface area contributed by atoms with Gasteiger partial charge in [-0.25, -0.2) is 4.79 Å². The van der Waals surface area contributed by atoms with Crippen molar-refractivity contribution in [2.75, 3.05) is 39.6 Å². The zero-order chi connectivity index (χ0) is 45.9.